The maximum atomic E-state index is 13.0. The van der Waals surface area contributed by atoms with Crippen molar-refractivity contribution in [3.63, 3.8) is 0 Å². The number of benzene rings is 1. The van der Waals surface area contributed by atoms with Crippen molar-refractivity contribution in [2.75, 3.05) is 39.4 Å². The SMILES string of the molecule is NC(=O)[C@@H]1CCCN1CCc1ccc([C@@H]2CC[C@@H]3CN(C(=O)C4CCOCC4)C[C@@H]32)cc1. The minimum Gasteiger partial charge on any atom is -0.381 e. The first kappa shape index (κ1) is 21.9. The lowest BCUT2D eigenvalue weighted by Gasteiger charge is -2.27. The van der Waals surface area contributed by atoms with Gasteiger partial charge in [0.05, 0.1) is 6.04 Å². The van der Waals surface area contributed by atoms with E-state index in [0.29, 0.717) is 23.7 Å². The zero-order valence-electron chi connectivity index (χ0n) is 19.1. The molecule has 174 valence electrons. The third-order valence-electron chi connectivity index (χ3n) is 8.53. The smallest absolute Gasteiger partial charge is 0.234 e. The van der Waals surface area contributed by atoms with Crippen molar-refractivity contribution < 1.29 is 14.3 Å². The molecule has 5 rings (SSSR count). The van der Waals surface area contributed by atoms with Gasteiger partial charge < -0.3 is 15.4 Å². The molecule has 6 heteroatoms. The molecule has 1 aliphatic carbocycles. The number of carbonyl (C=O) groups excluding carboxylic acids is 2. The second-order valence-corrected chi connectivity index (χ2v) is 10.3. The van der Waals surface area contributed by atoms with Gasteiger partial charge in [-0.1, -0.05) is 24.3 Å². The number of nitrogens with two attached hydrogens (primary N) is 1. The molecule has 3 saturated heterocycles. The van der Waals surface area contributed by atoms with Gasteiger partial charge in [-0.2, -0.15) is 0 Å². The first-order valence-corrected chi connectivity index (χ1v) is 12.6. The number of carbonyl (C=O) groups is 2. The average Bonchev–Trinajstić information content (AvgIpc) is 3.54. The summed E-state index contributed by atoms with van der Waals surface area (Å²) in [6.07, 6.45) is 7.14. The molecule has 3 aliphatic heterocycles. The summed E-state index contributed by atoms with van der Waals surface area (Å²) >= 11 is 0. The molecule has 0 spiro atoms. The van der Waals surface area contributed by atoms with Crippen LogP contribution < -0.4 is 5.73 Å². The number of likely N-dealkylation sites (tertiary alicyclic amines) is 2. The third kappa shape index (κ3) is 4.44. The van der Waals surface area contributed by atoms with Gasteiger partial charge in [-0.25, -0.2) is 0 Å². The molecule has 2 N–H and O–H groups in total. The van der Waals surface area contributed by atoms with E-state index in [2.05, 4.69) is 34.1 Å². The summed E-state index contributed by atoms with van der Waals surface area (Å²) in [7, 11) is 0. The Balaban J connectivity index is 1.17. The summed E-state index contributed by atoms with van der Waals surface area (Å²) in [6, 6.07) is 9.05. The van der Waals surface area contributed by atoms with Crippen LogP contribution in [0.2, 0.25) is 0 Å². The monoisotopic (exact) mass is 439 g/mol. The van der Waals surface area contributed by atoms with Gasteiger partial charge in [0.15, 0.2) is 0 Å². The van der Waals surface area contributed by atoms with Crippen molar-refractivity contribution in [3.8, 4) is 0 Å². The average molecular weight is 440 g/mol. The number of amides is 2. The van der Waals surface area contributed by atoms with Crippen molar-refractivity contribution in [1.29, 1.82) is 0 Å². The van der Waals surface area contributed by atoms with E-state index in [0.717, 1.165) is 71.5 Å². The number of nitrogens with zero attached hydrogens (tertiary/aromatic N) is 2. The van der Waals surface area contributed by atoms with Crippen LogP contribution in [-0.2, 0) is 20.7 Å². The molecule has 0 unspecified atom stereocenters. The first-order valence-electron chi connectivity index (χ1n) is 12.6. The van der Waals surface area contributed by atoms with E-state index in [1.165, 1.54) is 24.0 Å². The lowest BCUT2D eigenvalue weighted by atomic mass is 9.86. The van der Waals surface area contributed by atoms with Gasteiger partial charge in [0, 0.05) is 38.8 Å². The molecule has 2 amide bonds. The van der Waals surface area contributed by atoms with Crippen LogP contribution in [0.4, 0.5) is 0 Å². The van der Waals surface area contributed by atoms with Gasteiger partial charge in [-0.15, -0.1) is 0 Å². The van der Waals surface area contributed by atoms with Crippen molar-refractivity contribution >= 4 is 11.8 Å². The van der Waals surface area contributed by atoms with E-state index in [9.17, 15) is 9.59 Å². The minimum atomic E-state index is -0.186. The molecular formula is C26H37N3O3. The molecule has 1 aromatic carbocycles. The molecular weight excluding hydrogens is 402 g/mol. The largest absolute Gasteiger partial charge is 0.381 e. The van der Waals surface area contributed by atoms with E-state index in [4.69, 9.17) is 10.5 Å². The summed E-state index contributed by atoms with van der Waals surface area (Å²) in [5.41, 5.74) is 8.30. The lowest BCUT2D eigenvalue weighted by molar-refractivity contribution is -0.137. The lowest BCUT2D eigenvalue weighted by Crippen LogP contribution is -2.41. The van der Waals surface area contributed by atoms with Crippen LogP contribution in [0.1, 0.15) is 55.6 Å². The van der Waals surface area contributed by atoms with Gasteiger partial charge in [-0.3, -0.25) is 14.5 Å². The van der Waals surface area contributed by atoms with E-state index in [-0.39, 0.29) is 17.9 Å². The Labute approximate surface area is 191 Å². The van der Waals surface area contributed by atoms with Crippen LogP contribution in [0.15, 0.2) is 24.3 Å². The maximum Gasteiger partial charge on any atom is 0.234 e. The van der Waals surface area contributed by atoms with Crippen LogP contribution in [0.25, 0.3) is 0 Å². The maximum absolute atomic E-state index is 13.0. The number of hydrogen-bond donors (Lipinski definition) is 1. The second kappa shape index (κ2) is 9.52. The van der Waals surface area contributed by atoms with Crippen LogP contribution >= 0.6 is 0 Å². The Hall–Kier alpha value is -1.92. The Kier molecular flexibility index (Phi) is 6.51. The molecule has 4 aliphatic rings. The second-order valence-electron chi connectivity index (χ2n) is 10.3. The zero-order chi connectivity index (χ0) is 22.1. The molecule has 0 radical (unpaired) electrons. The summed E-state index contributed by atoms with van der Waals surface area (Å²) in [5, 5.41) is 0. The van der Waals surface area contributed by atoms with Crippen LogP contribution in [0.5, 0.6) is 0 Å². The van der Waals surface area contributed by atoms with Gasteiger partial charge in [0.2, 0.25) is 11.8 Å². The van der Waals surface area contributed by atoms with Crippen molar-refractivity contribution in [2.24, 2.45) is 23.5 Å². The van der Waals surface area contributed by atoms with Gasteiger partial charge in [-0.05, 0) is 80.4 Å². The highest BCUT2D eigenvalue weighted by molar-refractivity contribution is 5.80. The standard InChI is InChI=1S/C26H37N3O3/c27-25(30)24-2-1-12-28(24)13-9-18-3-5-19(6-4-18)22-8-7-21-16-29(17-23(21)22)26(31)20-10-14-32-15-11-20/h3-6,20-24H,1-2,7-17H2,(H2,27,30)/t21-,22+,23+,24+/m1/s1. The Bertz CT molecular complexity index is 820. The predicted octanol–water partition coefficient (Wildman–Crippen LogP) is 2.56. The molecule has 32 heavy (non-hydrogen) atoms. The quantitative estimate of drug-likeness (QED) is 0.739. The molecule has 4 atom stereocenters. The Morgan fingerprint density at radius 3 is 2.53 bits per heavy atom. The van der Waals surface area contributed by atoms with Gasteiger partial charge in [0.1, 0.15) is 0 Å². The van der Waals surface area contributed by atoms with Gasteiger partial charge in [0.25, 0.3) is 0 Å². The topological polar surface area (TPSA) is 75.9 Å². The number of fused-ring (bicyclic) bond motifs is 1. The van der Waals surface area contributed by atoms with E-state index in [1.54, 1.807) is 0 Å². The van der Waals surface area contributed by atoms with Crippen LogP contribution in [0.3, 0.4) is 0 Å². The fourth-order valence-corrected chi connectivity index (χ4v) is 6.68. The van der Waals surface area contributed by atoms with Crippen molar-refractivity contribution in [1.82, 2.24) is 9.80 Å². The number of ether oxygens (including phenoxy) is 1. The molecule has 4 fully saturated rings. The number of hydrogen-bond acceptors (Lipinski definition) is 4. The van der Waals surface area contributed by atoms with Gasteiger partial charge >= 0.3 is 0 Å². The van der Waals surface area contributed by atoms with E-state index in [1.807, 2.05) is 0 Å². The normalized spacial score (nSPS) is 31.2. The Morgan fingerprint density at radius 1 is 1.00 bits per heavy atom. The summed E-state index contributed by atoms with van der Waals surface area (Å²) in [6.45, 7) is 5.20. The molecule has 3 heterocycles. The predicted molar refractivity (Wildman–Crippen MR) is 123 cm³/mol. The summed E-state index contributed by atoms with van der Waals surface area (Å²) in [5.74, 6) is 2.18. The number of rotatable bonds is 6. The van der Waals surface area contributed by atoms with Crippen LogP contribution in [-0.4, -0.2) is 67.0 Å². The fraction of sp³-hybridized carbons (Fsp3) is 0.692. The molecule has 0 aromatic heterocycles. The molecule has 6 nitrogen and oxygen atoms in total. The van der Waals surface area contributed by atoms with Crippen molar-refractivity contribution in [2.45, 2.75) is 56.9 Å². The fourth-order valence-electron chi connectivity index (χ4n) is 6.68. The highest BCUT2D eigenvalue weighted by Crippen LogP contribution is 2.48. The number of primary amides is 1. The minimum absolute atomic E-state index is 0.0844. The van der Waals surface area contributed by atoms with E-state index >= 15 is 0 Å². The molecule has 1 saturated carbocycles. The zero-order valence-corrected chi connectivity index (χ0v) is 19.1. The Morgan fingerprint density at radius 2 is 1.78 bits per heavy atom. The van der Waals surface area contributed by atoms with Crippen LogP contribution in [0, 0.1) is 17.8 Å². The first-order chi connectivity index (χ1) is 15.6. The molecule has 1 aromatic rings. The van der Waals surface area contributed by atoms with E-state index < -0.39 is 0 Å². The highest BCUT2D eigenvalue weighted by Gasteiger charge is 2.45. The summed E-state index contributed by atoms with van der Waals surface area (Å²) < 4.78 is 5.44. The third-order valence-corrected chi connectivity index (χ3v) is 8.53. The molecule has 0 bridgehead atoms. The summed E-state index contributed by atoms with van der Waals surface area (Å²) in [4.78, 5) is 29.0. The highest BCUT2D eigenvalue weighted by atomic mass is 16.5. The van der Waals surface area contributed by atoms with Crippen molar-refractivity contribution in [3.05, 3.63) is 35.4 Å².